The summed E-state index contributed by atoms with van der Waals surface area (Å²) in [6.45, 7) is 15.9. The van der Waals surface area contributed by atoms with Crippen LogP contribution in [0.15, 0.2) is 18.2 Å². The van der Waals surface area contributed by atoms with E-state index in [0.29, 0.717) is 0 Å². The number of nitrogens with one attached hydrogen (secondary N) is 1. The van der Waals surface area contributed by atoms with Gasteiger partial charge in [0.05, 0.1) is 0 Å². The second kappa shape index (κ2) is 10.6. The highest BCUT2D eigenvalue weighted by Gasteiger charge is 2.29. The number of likely N-dealkylation sites (N-methyl/N-ethyl adjacent to an activating group) is 2. The number of carbonyl (C=O) groups excluding carboxylic acids is 1. The molecule has 0 aliphatic rings. The van der Waals surface area contributed by atoms with Gasteiger partial charge in [0, 0.05) is 5.69 Å². The van der Waals surface area contributed by atoms with Gasteiger partial charge >= 0.3 is 0 Å². The molecule has 0 atom stereocenters. The molecule has 1 aromatic carbocycles. The zero-order valence-corrected chi connectivity index (χ0v) is 16.2. The molecule has 0 radical (unpaired) electrons. The molecule has 4 nitrogen and oxygen atoms in total. The average molecular weight is 342 g/mol. The van der Waals surface area contributed by atoms with E-state index in [1.165, 1.54) is 0 Å². The van der Waals surface area contributed by atoms with Gasteiger partial charge in [-0.15, -0.1) is 12.4 Å². The molecule has 23 heavy (non-hydrogen) atoms. The first-order chi connectivity index (χ1) is 10.5. The fraction of sp³-hybridized carbons (Fsp3) is 0.611. The largest absolute Gasteiger partial charge is 0.323 e. The molecule has 1 aromatic rings. The molecule has 0 aliphatic heterocycles. The molecule has 0 aromatic heterocycles. The lowest BCUT2D eigenvalue weighted by Crippen LogP contribution is -2.55. The highest BCUT2D eigenvalue weighted by Crippen LogP contribution is 2.20. The normalized spacial score (nSPS) is 11.0. The van der Waals surface area contributed by atoms with Crippen molar-refractivity contribution >= 4 is 24.0 Å². The molecule has 1 amide bonds. The third kappa shape index (κ3) is 5.48. The number of carbonyl (C=O) groups is 1. The van der Waals surface area contributed by atoms with Crippen molar-refractivity contribution in [3.63, 3.8) is 0 Å². The fourth-order valence-electron chi connectivity index (χ4n) is 2.90. The van der Waals surface area contributed by atoms with E-state index < -0.39 is 0 Å². The average Bonchev–Trinajstić information content (AvgIpc) is 2.51. The van der Waals surface area contributed by atoms with E-state index in [1.54, 1.807) is 0 Å². The third-order valence-electron chi connectivity index (χ3n) is 4.28. The lowest BCUT2D eigenvalue weighted by atomic mass is 10.1. The molecule has 0 aliphatic carbocycles. The van der Waals surface area contributed by atoms with Crippen molar-refractivity contribution in [1.82, 2.24) is 9.80 Å². The van der Waals surface area contributed by atoms with Crippen LogP contribution in [0, 0.1) is 13.8 Å². The number of aryl methyl sites for hydroxylation is 2. The molecule has 0 fully saturated rings. The van der Waals surface area contributed by atoms with Crippen LogP contribution < -0.4 is 5.32 Å². The highest BCUT2D eigenvalue weighted by molar-refractivity contribution is 5.95. The summed E-state index contributed by atoms with van der Waals surface area (Å²) in [7, 11) is 0. The van der Waals surface area contributed by atoms with Crippen LogP contribution in [0.3, 0.4) is 0 Å². The quantitative estimate of drug-likeness (QED) is 0.733. The maximum absolute atomic E-state index is 12.9. The summed E-state index contributed by atoms with van der Waals surface area (Å²) in [4.78, 5) is 17.3. The summed E-state index contributed by atoms with van der Waals surface area (Å²) < 4.78 is 0. The number of anilines is 1. The second-order valence-electron chi connectivity index (χ2n) is 5.57. The molecule has 0 spiro atoms. The van der Waals surface area contributed by atoms with Gasteiger partial charge < -0.3 is 5.32 Å². The highest BCUT2D eigenvalue weighted by atomic mass is 35.5. The second-order valence-corrected chi connectivity index (χ2v) is 5.57. The summed E-state index contributed by atoms with van der Waals surface area (Å²) in [5.41, 5.74) is 3.15. The Morgan fingerprint density at radius 3 is 1.70 bits per heavy atom. The van der Waals surface area contributed by atoms with Gasteiger partial charge in [-0.2, -0.15) is 0 Å². The number of hydrogen-bond donors (Lipinski definition) is 1. The molecule has 0 saturated heterocycles. The van der Waals surface area contributed by atoms with E-state index in [-0.39, 0.29) is 24.5 Å². The molecule has 0 bridgehead atoms. The van der Waals surface area contributed by atoms with Gasteiger partial charge in [-0.05, 0) is 51.2 Å². The Morgan fingerprint density at radius 2 is 1.35 bits per heavy atom. The van der Waals surface area contributed by atoms with Crippen LogP contribution in [0.2, 0.25) is 0 Å². The van der Waals surface area contributed by atoms with E-state index in [1.807, 2.05) is 32.0 Å². The lowest BCUT2D eigenvalue weighted by molar-refractivity contribution is -0.128. The first-order valence-electron chi connectivity index (χ1n) is 8.35. The van der Waals surface area contributed by atoms with E-state index in [0.717, 1.165) is 43.0 Å². The van der Waals surface area contributed by atoms with Gasteiger partial charge in [-0.1, -0.05) is 45.9 Å². The monoisotopic (exact) mass is 341 g/mol. The van der Waals surface area contributed by atoms with Crippen molar-refractivity contribution in [1.29, 1.82) is 0 Å². The summed E-state index contributed by atoms with van der Waals surface area (Å²) in [5, 5.41) is 3.15. The van der Waals surface area contributed by atoms with Gasteiger partial charge in [0.2, 0.25) is 0 Å². The predicted molar refractivity (Wildman–Crippen MR) is 101 cm³/mol. The Morgan fingerprint density at radius 1 is 0.957 bits per heavy atom. The van der Waals surface area contributed by atoms with Crippen LogP contribution in [0.1, 0.15) is 38.8 Å². The molecule has 132 valence electrons. The number of halogens is 1. The lowest BCUT2D eigenvalue weighted by Gasteiger charge is -2.36. The van der Waals surface area contributed by atoms with Gasteiger partial charge in [-0.25, -0.2) is 0 Å². The van der Waals surface area contributed by atoms with E-state index >= 15 is 0 Å². The summed E-state index contributed by atoms with van der Waals surface area (Å²) in [6, 6.07) is 6.09. The Bertz CT molecular complexity index is 453. The van der Waals surface area contributed by atoms with Crippen LogP contribution >= 0.6 is 12.4 Å². The predicted octanol–water partition coefficient (Wildman–Crippen LogP) is 3.67. The molecule has 1 N–H and O–H groups in total. The summed E-state index contributed by atoms with van der Waals surface area (Å²) in [6.07, 6.45) is -0.219. The molecular weight excluding hydrogens is 310 g/mol. The Balaban J connectivity index is 0.00000484. The summed E-state index contributed by atoms with van der Waals surface area (Å²) >= 11 is 0. The first-order valence-corrected chi connectivity index (χ1v) is 8.35. The van der Waals surface area contributed by atoms with E-state index in [4.69, 9.17) is 0 Å². The van der Waals surface area contributed by atoms with E-state index in [9.17, 15) is 4.79 Å². The Kier molecular flexibility index (Phi) is 10.1. The van der Waals surface area contributed by atoms with Crippen LogP contribution in [0.25, 0.3) is 0 Å². The SMILES string of the molecule is CCN(CC)C(C(=O)Nc1c(C)cccc1C)N(CC)CC.Cl. The minimum atomic E-state index is -0.219. The Hall–Kier alpha value is -1.10. The van der Waals surface area contributed by atoms with Crippen molar-refractivity contribution in [2.24, 2.45) is 0 Å². The standard InChI is InChI=1S/C18H31N3O.ClH/c1-7-20(8-2)18(21(9-3)10-4)17(22)19-16-14(5)12-11-13-15(16)6;/h11-13,18H,7-10H2,1-6H3,(H,19,22);1H. The smallest absolute Gasteiger partial charge is 0.256 e. The van der Waals surface area contributed by atoms with Crippen LogP contribution in [-0.2, 0) is 4.79 Å². The van der Waals surface area contributed by atoms with Crippen LogP contribution in [0.4, 0.5) is 5.69 Å². The topological polar surface area (TPSA) is 35.6 Å². The zero-order chi connectivity index (χ0) is 16.7. The minimum Gasteiger partial charge on any atom is -0.323 e. The third-order valence-corrected chi connectivity index (χ3v) is 4.28. The zero-order valence-electron chi connectivity index (χ0n) is 15.3. The van der Waals surface area contributed by atoms with Gasteiger partial charge in [0.1, 0.15) is 6.17 Å². The molecule has 0 unspecified atom stereocenters. The van der Waals surface area contributed by atoms with Gasteiger partial charge in [0.15, 0.2) is 0 Å². The number of hydrogen-bond acceptors (Lipinski definition) is 3. The number of nitrogens with zero attached hydrogens (tertiary/aromatic N) is 2. The van der Waals surface area contributed by atoms with Crippen molar-refractivity contribution in [3.8, 4) is 0 Å². The van der Waals surface area contributed by atoms with Crippen LogP contribution in [-0.4, -0.2) is 48.1 Å². The van der Waals surface area contributed by atoms with Crippen molar-refractivity contribution in [2.45, 2.75) is 47.7 Å². The number of benzene rings is 1. The Labute approximate surface area is 147 Å². The molecular formula is C18H32ClN3O. The van der Waals surface area contributed by atoms with Crippen molar-refractivity contribution in [2.75, 3.05) is 31.5 Å². The van der Waals surface area contributed by atoms with Crippen molar-refractivity contribution < 1.29 is 4.79 Å². The van der Waals surface area contributed by atoms with Gasteiger partial charge in [0.25, 0.3) is 5.91 Å². The minimum absolute atomic E-state index is 0. The number of rotatable bonds is 8. The maximum atomic E-state index is 12.9. The van der Waals surface area contributed by atoms with Crippen molar-refractivity contribution in [3.05, 3.63) is 29.3 Å². The number of amides is 1. The van der Waals surface area contributed by atoms with Gasteiger partial charge in [-0.3, -0.25) is 14.6 Å². The number of para-hydroxylation sites is 1. The van der Waals surface area contributed by atoms with E-state index in [2.05, 4.69) is 42.8 Å². The molecule has 5 heteroatoms. The molecule has 0 saturated carbocycles. The summed E-state index contributed by atoms with van der Waals surface area (Å²) in [5.74, 6) is 0.0600. The molecule has 1 rings (SSSR count). The fourth-order valence-corrected chi connectivity index (χ4v) is 2.90. The maximum Gasteiger partial charge on any atom is 0.256 e. The molecule has 0 heterocycles. The first kappa shape index (κ1) is 21.9. The van der Waals surface area contributed by atoms with Crippen LogP contribution in [0.5, 0.6) is 0 Å².